The first-order valence-corrected chi connectivity index (χ1v) is 10.2. The zero-order chi connectivity index (χ0) is 19.7. The van der Waals surface area contributed by atoms with E-state index >= 15 is 0 Å². The van der Waals surface area contributed by atoms with Gasteiger partial charge in [-0.2, -0.15) is 0 Å². The Morgan fingerprint density at radius 2 is 1.57 bits per heavy atom. The molecule has 0 radical (unpaired) electrons. The lowest BCUT2D eigenvalue weighted by molar-refractivity contribution is -0.138. The molecular formula is C21H26FN3O3. The highest BCUT2D eigenvalue weighted by molar-refractivity contribution is 6.22. The van der Waals surface area contributed by atoms with Gasteiger partial charge < -0.3 is 4.90 Å². The summed E-state index contributed by atoms with van der Waals surface area (Å²) in [6.45, 7) is 3.01. The molecule has 1 atom stereocenters. The number of carbonyl (C=O) groups is 3. The number of nitrogens with zero attached hydrogens (tertiary/aromatic N) is 3. The van der Waals surface area contributed by atoms with Crippen LogP contribution in [0.3, 0.4) is 0 Å². The molecule has 3 saturated heterocycles. The Labute approximate surface area is 164 Å². The molecule has 3 heterocycles. The fraction of sp³-hybridized carbons (Fsp3) is 0.571. The van der Waals surface area contributed by atoms with Crippen LogP contribution in [0.5, 0.6) is 0 Å². The Kier molecular flexibility index (Phi) is 5.44. The van der Waals surface area contributed by atoms with Crippen LogP contribution >= 0.6 is 0 Å². The van der Waals surface area contributed by atoms with Crippen LogP contribution in [0.2, 0.25) is 0 Å². The fourth-order valence-corrected chi connectivity index (χ4v) is 4.59. The molecule has 1 unspecified atom stereocenters. The van der Waals surface area contributed by atoms with E-state index in [1.54, 1.807) is 0 Å². The van der Waals surface area contributed by atoms with Crippen LogP contribution in [0.15, 0.2) is 24.3 Å². The summed E-state index contributed by atoms with van der Waals surface area (Å²) in [5, 5.41) is 0. The standard InChI is InChI=1S/C21H26FN3O3/c22-16-4-6-17(7-5-16)25-19(26)14-18(21(25)28)23-12-8-15(9-13-23)20(27)24-10-2-1-3-11-24/h4-7,15,18H,1-3,8-14H2. The molecule has 150 valence electrons. The number of imide groups is 1. The van der Waals surface area contributed by atoms with Gasteiger partial charge in [-0.1, -0.05) is 0 Å². The first-order chi connectivity index (χ1) is 13.5. The average molecular weight is 387 g/mol. The van der Waals surface area contributed by atoms with E-state index in [1.807, 2.05) is 9.80 Å². The van der Waals surface area contributed by atoms with Gasteiger partial charge in [0.1, 0.15) is 5.82 Å². The maximum atomic E-state index is 13.1. The minimum Gasteiger partial charge on any atom is -0.342 e. The molecular weight excluding hydrogens is 361 g/mol. The smallest absolute Gasteiger partial charge is 0.251 e. The second-order valence-corrected chi connectivity index (χ2v) is 7.96. The molecule has 0 N–H and O–H groups in total. The summed E-state index contributed by atoms with van der Waals surface area (Å²) in [4.78, 5) is 43.2. The monoisotopic (exact) mass is 387 g/mol. The second-order valence-electron chi connectivity index (χ2n) is 7.96. The number of carbonyl (C=O) groups excluding carboxylic acids is 3. The van der Waals surface area contributed by atoms with Gasteiger partial charge in [0, 0.05) is 19.0 Å². The van der Waals surface area contributed by atoms with Crippen molar-refractivity contribution in [3.63, 3.8) is 0 Å². The van der Waals surface area contributed by atoms with Gasteiger partial charge in [0.25, 0.3) is 5.91 Å². The van der Waals surface area contributed by atoms with Crippen LogP contribution in [-0.4, -0.2) is 59.7 Å². The van der Waals surface area contributed by atoms with E-state index in [0.29, 0.717) is 18.8 Å². The average Bonchev–Trinajstić information content (AvgIpc) is 3.03. The molecule has 0 saturated carbocycles. The zero-order valence-corrected chi connectivity index (χ0v) is 16.0. The number of hydrogen-bond acceptors (Lipinski definition) is 4. The van der Waals surface area contributed by atoms with E-state index in [-0.39, 0.29) is 30.1 Å². The van der Waals surface area contributed by atoms with Crippen LogP contribution in [0, 0.1) is 11.7 Å². The first-order valence-electron chi connectivity index (χ1n) is 10.2. The van der Waals surface area contributed by atoms with Crippen molar-refractivity contribution >= 4 is 23.4 Å². The van der Waals surface area contributed by atoms with E-state index in [2.05, 4.69) is 0 Å². The largest absolute Gasteiger partial charge is 0.342 e. The summed E-state index contributed by atoms with van der Waals surface area (Å²) in [7, 11) is 0. The Balaban J connectivity index is 1.37. The zero-order valence-electron chi connectivity index (χ0n) is 16.0. The van der Waals surface area contributed by atoms with Gasteiger partial charge in [0.05, 0.1) is 18.2 Å². The van der Waals surface area contributed by atoms with Crippen LogP contribution < -0.4 is 4.90 Å². The van der Waals surface area contributed by atoms with Gasteiger partial charge in [-0.05, 0) is 69.5 Å². The molecule has 0 bridgehead atoms. The van der Waals surface area contributed by atoms with Gasteiger partial charge in [-0.3, -0.25) is 19.3 Å². The third-order valence-electron chi connectivity index (χ3n) is 6.19. The molecule has 1 aromatic rings. The minimum atomic E-state index is -0.483. The lowest BCUT2D eigenvalue weighted by Gasteiger charge is -2.37. The first kappa shape index (κ1) is 19.1. The highest BCUT2D eigenvalue weighted by atomic mass is 19.1. The van der Waals surface area contributed by atoms with Gasteiger partial charge >= 0.3 is 0 Å². The Morgan fingerprint density at radius 1 is 0.929 bits per heavy atom. The molecule has 0 aliphatic carbocycles. The second kappa shape index (κ2) is 7.99. The van der Waals surface area contributed by atoms with Crippen molar-refractivity contribution in [1.29, 1.82) is 0 Å². The summed E-state index contributed by atoms with van der Waals surface area (Å²) in [5.74, 6) is -0.638. The van der Waals surface area contributed by atoms with Crippen molar-refractivity contribution in [2.75, 3.05) is 31.1 Å². The Morgan fingerprint density at radius 3 is 2.21 bits per heavy atom. The number of piperidine rings is 2. The summed E-state index contributed by atoms with van der Waals surface area (Å²) in [6, 6.07) is 4.93. The van der Waals surface area contributed by atoms with Crippen molar-refractivity contribution in [3.8, 4) is 0 Å². The van der Waals surface area contributed by atoms with Gasteiger partial charge in [-0.25, -0.2) is 9.29 Å². The van der Waals surface area contributed by atoms with Crippen molar-refractivity contribution in [2.24, 2.45) is 5.92 Å². The highest BCUT2D eigenvalue weighted by Crippen LogP contribution is 2.29. The van der Waals surface area contributed by atoms with E-state index in [1.165, 1.54) is 30.7 Å². The van der Waals surface area contributed by atoms with E-state index in [0.717, 1.165) is 43.7 Å². The molecule has 3 aliphatic heterocycles. The Bertz CT molecular complexity index is 753. The predicted molar refractivity (Wildman–Crippen MR) is 102 cm³/mol. The molecule has 0 aromatic heterocycles. The van der Waals surface area contributed by atoms with Crippen LogP contribution in [-0.2, 0) is 14.4 Å². The van der Waals surface area contributed by atoms with Crippen LogP contribution in [0.1, 0.15) is 38.5 Å². The molecule has 7 heteroatoms. The van der Waals surface area contributed by atoms with Gasteiger partial charge in [-0.15, -0.1) is 0 Å². The molecule has 1 aromatic carbocycles. The Hall–Kier alpha value is -2.28. The summed E-state index contributed by atoms with van der Waals surface area (Å²) in [6.07, 6.45) is 4.96. The fourth-order valence-electron chi connectivity index (χ4n) is 4.59. The van der Waals surface area contributed by atoms with Crippen molar-refractivity contribution < 1.29 is 18.8 Å². The van der Waals surface area contributed by atoms with E-state index in [4.69, 9.17) is 0 Å². The number of anilines is 1. The quantitative estimate of drug-likeness (QED) is 0.746. The van der Waals surface area contributed by atoms with Crippen LogP contribution in [0.4, 0.5) is 10.1 Å². The molecule has 0 spiro atoms. The molecule has 3 aliphatic rings. The molecule has 4 rings (SSSR count). The molecule has 6 nitrogen and oxygen atoms in total. The lowest BCUT2D eigenvalue weighted by atomic mass is 9.93. The summed E-state index contributed by atoms with van der Waals surface area (Å²) >= 11 is 0. The van der Waals surface area contributed by atoms with Crippen LogP contribution in [0.25, 0.3) is 0 Å². The third-order valence-corrected chi connectivity index (χ3v) is 6.19. The topological polar surface area (TPSA) is 60.9 Å². The van der Waals surface area contributed by atoms with Gasteiger partial charge in [0.15, 0.2) is 0 Å². The number of amides is 3. The number of benzene rings is 1. The van der Waals surface area contributed by atoms with Gasteiger partial charge in [0.2, 0.25) is 11.8 Å². The SMILES string of the molecule is O=C(C1CCN(C2CC(=O)N(c3ccc(F)cc3)C2=O)CC1)N1CCCCC1. The van der Waals surface area contributed by atoms with E-state index < -0.39 is 11.9 Å². The van der Waals surface area contributed by atoms with E-state index in [9.17, 15) is 18.8 Å². The van der Waals surface area contributed by atoms with Crippen molar-refractivity contribution in [3.05, 3.63) is 30.1 Å². The van der Waals surface area contributed by atoms with Crippen molar-refractivity contribution in [1.82, 2.24) is 9.80 Å². The van der Waals surface area contributed by atoms with Crippen molar-refractivity contribution in [2.45, 2.75) is 44.6 Å². The highest BCUT2D eigenvalue weighted by Gasteiger charge is 2.44. The lowest BCUT2D eigenvalue weighted by Crippen LogP contribution is -2.49. The summed E-state index contributed by atoms with van der Waals surface area (Å²) < 4.78 is 13.1. The number of hydrogen-bond donors (Lipinski definition) is 0. The number of likely N-dealkylation sites (tertiary alicyclic amines) is 2. The maximum Gasteiger partial charge on any atom is 0.251 e. The summed E-state index contributed by atoms with van der Waals surface area (Å²) in [5.41, 5.74) is 0.411. The molecule has 3 fully saturated rings. The molecule has 3 amide bonds. The predicted octanol–water partition coefficient (Wildman–Crippen LogP) is 2.18. The number of rotatable bonds is 3. The third kappa shape index (κ3) is 3.68. The normalized spacial score (nSPS) is 24.8. The minimum absolute atomic E-state index is 0.0229. The number of halogens is 1. The molecule has 28 heavy (non-hydrogen) atoms. The maximum absolute atomic E-state index is 13.1.